The minimum absolute atomic E-state index is 0.0261. The molecule has 0 saturated carbocycles. The molecule has 0 bridgehead atoms. The topological polar surface area (TPSA) is 60.4 Å². The van der Waals surface area contributed by atoms with Gasteiger partial charge in [-0.25, -0.2) is 0 Å². The van der Waals surface area contributed by atoms with Crippen molar-refractivity contribution >= 4 is 43.9 Å². The Morgan fingerprint density at radius 2 is 0.690 bits per heavy atom. The van der Waals surface area contributed by atoms with Crippen LogP contribution >= 0.6 is 0 Å². The van der Waals surface area contributed by atoms with Crippen LogP contribution in [0.5, 0.6) is 0 Å². The van der Waals surface area contributed by atoms with Crippen molar-refractivity contribution in [1.82, 2.24) is 0 Å². The van der Waals surface area contributed by atoms with Crippen molar-refractivity contribution in [3.63, 3.8) is 0 Å². The van der Waals surface area contributed by atoms with Gasteiger partial charge in [0.2, 0.25) is 10.9 Å². The summed E-state index contributed by atoms with van der Waals surface area (Å²) < 4.78 is 12.0. The third-order valence-corrected chi connectivity index (χ3v) is 7.90. The summed E-state index contributed by atoms with van der Waals surface area (Å²) in [7, 11) is 0. The van der Waals surface area contributed by atoms with Gasteiger partial charge in [-0.15, -0.1) is 0 Å². The standard InChI is InChI=1S/C38H22O4/c39-37-29-8-1-3-10-33(29)41-35-18-16-27(21-31(35)37)24-14-12-23(13-15-24)25-6-5-7-26(20-25)28-17-19-36-32(22-28)38(40)30-9-2-4-11-34(30)42-36/h1-22H. The molecule has 0 spiro atoms. The molecule has 0 unspecified atom stereocenters. The van der Waals surface area contributed by atoms with Crippen molar-refractivity contribution < 1.29 is 8.83 Å². The molecular formula is C38H22O4. The zero-order valence-corrected chi connectivity index (χ0v) is 22.3. The summed E-state index contributed by atoms with van der Waals surface area (Å²) in [6.45, 7) is 0. The van der Waals surface area contributed by atoms with Crippen LogP contribution in [0.25, 0.3) is 77.3 Å². The SMILES string of the molecule is O=c1c2ccccc2oc2ccc(-c3ccc(-c4cccc(-c5ccc6oc7ccccc7c(=O)c6c5)c4)cc3)cc12. The zero-order valence-electron chi connectivity index (χ0n) is 22.3. The third-order valence-electron chi connectivity index (χ3n) is 7.90. The highest BCUT2D eigenvalue weighted by Gasteiger charge is 2.11. The van der Waals surface area contributed by atoms with Crippen LogP contribution in [0.2, 0.25) is 0 Å². The summed E-state index contributed by atoms with van der Waals surface area (Å²) in [6.07, 6.45) is 0. The van der Waals surface area contributed by atoms with E-state index < -0.39 is 0 Å². The lowest BCUT2D eigenvalue weighted by molar-refractivity contribution is 0.659. The van der Waals surface area contributed by atoms with E-state index in [2.05, 4.69) is 36.4 Å². The highest BCUT2D eigenvalue weighted by molar-refractivity contribution is 5.93. The minimum Gasteiger partial charge on any atom is -0.456 e. The molecule has 4 heteroatoms. The van der Waals surface area contributed by atoms with Crippen molar-refractivity contribution in [3.8, 4) is 33.4 Å². The van der Waals surface area contributed by atoms with Crippen molar-refractivity contribution in [1.29, 1.82) is 0 Å². The van der Waals surface area contributed by atoms with Crippen LogP contribution in [-0.2, 0) is 0 Å². The van der Waals surface area contributed by atoms with E-state index in [9.17, 15) is 9.59 Å². The second kappa shape index (κ2) is 9.43. The Morgan fingerprint density at radius 3 is 1.21 bits per heavy atom. The first-order valence-corrected chi connectivity index (χ1v) is 13.7. The average Bonchev–Trinajstić information content (AvgIpc) is 3.05. The number of para-hydroxylation sites is 2. The lowest BCUT2D eigenvalue weighted by Gasteiger charge is -2.09. The van der Waals surface area contributed by atoms with Gasteiger partial charge in [0, 0.05) is 0 Å². The molecular weight excluding hydrogens is 520 g/mol. The number of hydrogen-bond donors (Lipinski definition) is 0. The first-order valence-electron chi connectivity index (χ1n) is 13.7. The van der Waals surface area contributed by atoms with Gasteiger partial charge in [-0.2, -0.15) is 0 Å². The average molecular weight is 543 g/mol. The summed E-state index contributed by atoms with van der Waals surface area (Å²) in [5.74, 6) is 0. The molecule has 198 valence electrons. The molecule has 2 heterocycles. The number of hydrogen-bond acceptors (Lipinski definition) is 4. The van der Waals surface area contributed by atoms with Gasteiger partial charge in [-0.05, 0) is 88.0 Å². The van der Waals surface area contributed by atoms with Crippen LogP contribution in [0.4, 0.5) is 0 Å². The molecule has 0 aliphatic rings. The van der Waals surface area contributed by atoms with Crippen LogP contribution < -0.4 is 10.9 Å². The molecule has 6 aromatic carbocycles. The molecule has 0 aliphatic heterocycles. The highest BCUT2D eigenvalue weighted by atomic mass is 16.3. The zero-order chi connectivity index (χ0) is 28.2. The first-order chi connectivity index (χ1) is 20.6. The monoisotopic (exact) mass is 542 g/mol. The van der Waals surface area contributed by atoms with E-state index in [4.69, 9.17) is 8.83 Å². The molecule has 0 N–H and O–H groups in total. The lowest BCUT2D eigenvalue weighted by atomic mass is 9.96. The van der Waals surface area contributed by atoms with Gasteiger partial charge in [0.05, 0.1) is 21.5 Å². The maximum Gasteiger partial charge on any atom is 0.200 e. The maximum absolute atomic E-state index is 13.2. The van der Waals surface area contributed by atoms with Crippen molar-refractivity contribution in [2.45, 2.75) is 0 Å². The third kappa shape index (κ3) is 3.93. The van der Waals surface area contributed by atoms with Gasteiger partial charge in [0.15, 0.2) is 0 Å². The van der Waals surface area contributed by atoms with Crippen LogP contribution in [-0.4, -0.2) is 0 Å². The van der Waals surface area contributed by atoms with Gasteiger partial charge < -0.3 is 8.83 Å². The molecule has 42 heavy (non-hydrogen) atoms. The fourth-order valence-corrected chi connectivity index (χ4v) is 5.70. The molecule has 8 aromatic rings. The Bertz CT molecular complexity index is 2450. The van der Waals surface area contributed by atoms with Gasteiger partial charge in [0.1, 0.15) is 22.3 Å². The Hall–Kier alpha value is -5.74. The Labute approximate surface area is 239 Å². The number of rotatable bonds is 3. The summed E-state index contributed by atoms with van der Waals surface area (Å²) in [5.41, 5.74) is 8.35. The molecule has 0 radical (unpaired) electrons. The smallest absolute Gasteiger partial charge is 0.200 e. The Balaban J connectivity index is 1.14. The predicted molar refractivity (Wildman–Crippen MR) is 170 cm³/mol. The number of benzene rings is 6. The van der Waals surface area contributed by atoms with Gasteiger partial charge in [-0.1, -0.05) is 78.9 Å². The maximum atomic E-state index is 13.2. The molecule has 0 fully saturated rings. The van der Waals surface area contributed by atoms with Gasteiger partial charge in [-0.3, -0.25) is 9.59 Å². The molecule has 0 atom stereocenters. The van der Waals surface area contributed by atoms with Gasteiger partial charge in [0.25, 0.3) is 0 Å². The van der Waals surface area contributed by atoms with Crippen LogP contribution in [0.3, 0.4) is 0 Å². The fraction of sp³-hybridized carbons (Fsp3) is 0. The summed E-state index contributed by atoms with van der Waals surface area (Å²) >= 11 is 0. The van der Waals surface area contributed by atoms with E-state index in [-0.39, 0.29) is 10.9 Å². The molecule has 4 nitrogen and oxygen atoms in total. The van der Waals surface area contributed by atoms with Crippen molar-refractivity contribution in [2.75, 3.05) is 0 Å². The molecule has 8 rings (SSSR count). The summed E-state index contributed by atoms with van der Waals surface area (Å²) in [5, 5.41) is 2.30. The van der Waals surface area contributed by atoms with E-state index in [1.54, 1.807) is 12.1 Å². The molecule has 0 saturated heterocycles. The van der Waals surface area contributed by atoms with E-state index >= 15 is 0 Å². The van der Waals surface area contributed by atoms with Crippen molar-refractivity contribution in [3.05, 3.63) is 154 Å². The molecule has 0 amide bonds. The first kappa shape index (κ1) is 24.1. The quantitative estimate of drug-likeness (QED) is 0.209. The number of fused-ring (bicyclic) bond motifs is 4. The van der Waals surface area contributed by atoms with E-state index in [1.807, 2.05) is 84.9 Å². The lowest BCUT2D eigenvalue weighted by Crippen LogP contribution is -2.02. The van der Waals surface area contributed by atoms with Crippen LogP contribution in [0, 0.1) is 0 Å². The molecule has 0 aliphatic carbocycles. The Morgan fingerprint density at radius 1 is 0.310 bits per heavy atom. The van der Waals surface area contributed by atoms with Crippen LogP contribution in [0.15, 0.2) is 152 Å². The second-order valence-corrected chi connectivity index (χ2v) is 10.4. The normalized spacial score (nSPS) is 11.5. The minimum atomic E-state index is -0.0277. The van der Waals surface area contributed by atoms with E-state index in [0.717, 1.165) is 33.4 Å². The van der Waals surface area contributed by atoms with Crippen LogP contribution in [0.1, 0.15) is 0 Å². The fourth-order valence-electron chi connectivity index (χ4n) is 5.70. The van der Waals surface area contributed by atoms with Gasteiger partial charge >= 0.3 is 0 Å². The van der Waals surface area contributed by atoms with E-state index in [0.29, 0.717) is 43.9 Å². The summed E-state index contributed by atoms with van der Waals surface area (Å²) in [6, 6.07) is 42.8. The molecule has 2 aromatic heterocycles. The predicted octanol–water partition coefficient (Wildman–Crippen LogP) is 9.21. The van der Waals surface area contributed by atoms with E-state index in [1.165, 1.54) is 0 Å². The second-order valence-electron chi connectivity index (χ2n) is 10.4. The van der Waals surface area contributed by atoms with Crippen molar-refractivity contribution in [2.24, 2.45) is 0 Å². The largest absolute Gasteiger partial charge is 0.456 e. The Kier molecular flexibility index (Phi) is 5.41. The summed E-state index contributed by atoms with van der Waals surface area (Å²) in [4.78, 5) is 26.3. The highest BCUT2D eigenvalue weighted by Crippen LogP contribution is 2.31.